The molecule has 3 aromatic rings. The summed E-state index contributed by atoms with van der Waals surface area (Å²) in [5.41, 5.74) is 8.68. The van der Waals surface area contributed by atoms with Crippen molar-refractivity contribution in [2.24, 2.45) is 23.7 Å². The van der Waals surface area contributed by atoms with E-state index in [1.807, 2.05) is 0 Å². The van der Waals surface area contributed by atoms with E-state index < -0.39 is 0 Å². The molecule has 4 saturated heterocycles. The highest BCUT2D eigenvalue weighted by Gasteiger charge is 2.61. The maximum Gasteiger partial charge on any atom is 0.0737 e. The van der Waals surface area contributed by atoms with Crippen molar-refractivity contribution in [2.75, 3.05) is 0 Å². The number of hydrogen-bond donors (Lipinski definition) is 0. The van der Waals surface area contributed by atoms with Crippen molar-refractivity contribution in [3.63, 3.8) is 0 Å². The lowest BCUT2D eigenvalue weighted by molar-refractivity contribution is -0.177. The predicted octanol–water partition coefficient (Wildman–Crippen LogP) is 11.9. The second-order valence-corrected chi connectivity index (χ2v) is 21.5. The van der Waals surface area contributed by atoms with Crippen LogP contribution in [0.1, 0.15) is 151 Å². The number of benzene rings is 3. The second kappa shape index (κ2) is 14.6. The van der Waals surface area contributed by atoms with Gasteiger partial charge in [0.2, 0.25) is 0 Å². The molecule has 10 aliphatic rings. The number of ether oxygens (including phenoxy) is 2. The molecule has 10 fully saturated rings. The van der Waals surface area contributed by atoms with Crippen LogP contribution in [0.25, 0.3) is 22.3 Å². The topological polar surface area (TPSA) is 24.9 Å². The number of morpholine rings is 2. The summed E-state index contributed by atoms with van der Waals surface area (Å²) in [6.07, 6.45) is 29.3. The minimum absolute atomic E-state index is 0.503. The SMILES string of the molecule is c1cc(-c2cccc(C3CCC4C(C3)C3CCCC5OC6CCCCC6N4C53)c2)cc(-c2cccc(C3CCC4C(C3)C3CCCC5OC6CCCCC6N4C53)c2)c1. The van der Waals surface area contributed by atoms with Crippen molar-refractivity contribution in [2.45, 2.75) is 201 Å². The van der Waals surface area contributed by atoms with Crippen molar-refractivity contribution in [3.8, 4) is 22.3 Å². The summed E-state index contributed by atoms with van der Waals surface area (Å²) in [5, 5.41) is 0. The number of nitrogens with zero attached hydrogens (tertiary/aromatic N) is 2. The Morgan fingerprint density at radius 1 is 0.362 bits per heavy atom. The predicted molar refractivity (Wildman–Crippen MR) is 233 cm³/mol. The van der Waals surface area contributed by atoms with Gasteiger partial charge in [0.25, 0.3) is 0 Å². The number of rotatable bonds is 4. The van der Waals surface area contributed by atoms with Crippen LogP contribution in [0.15, 0.2) is 72.8 Å². The van der Waals surface area contributed by atoms with Gasteiger partial charge in [-0.15, -0.1) is 0 Å². The van der Waals surface area contributed by atoms with E-state index in [4.69, 9.17) is 9.47 Å². The largest absolute Gasteiger partial charge is 0.372 e. The van der Waals surface area contributed by atoms with Crippen LogP contribution in [-0.2, 0) is 9.47 Å². The van der Waals surface area contributed by atoms with Crippen LogP contribution >= 0.6 is 0 Å². The molecule has 0 spiro atoms. The van der Waals surface area contributed by atoms with Gasteiger partial charge in [-0.05, 0) is 165 Å². The average Bonchev–Trinajstić information content (AvgIpc) is 3.81. The molecule has 0 radical (unpaired) electrons. The Bertz CT molecular complexity index is 1860. The van der Waals surface area contributed by atoms with Gasteiger partial charge in [0, 0.05) is 36.3 Å². The minimum Gasteiger partial charge on any atom is -0.372 e. The van der Waals surface area contributed by atoms with Crippen molar-refractivity contribution >= 4 is 0 Å². The third kappa shape index (κ3) is 5.80. The first-order valence-corrected chi connectivity index (χ1v) is 24.9. The highest BCUT2D eigenvalue weighted by atomic mass is 16.5. The van der Waals surface area contributed by atoms with Gasteiger partial charge in [0.05, 0.1) is 24.4 Å². The smallest absolute Gasteiger partial charge is 0.0737 e. The molecular formula is C54H68N2O2. The van der Waals surface area contributed by atoms with E-state index in [0.717, 1.165) is 35.8 Å². The van der Waals surface area contributed by atoms with Gasteiger partial charge in [0.1, 0.15) is 0 Å². The molecule has 4 heteroatoms. The van der Waals surface area contributed by atoms with E-state index in [2.05, 4.69) is 82.6 Å². The highest BCUT2D eigenvalue weighted by Crippen LogP contribution is 2.58. The second-order valence-electron chi connectivity index (χ2n) is 21.5. The maximum atomic E-state index is 6.95. The third-order valence-corrected chi connectivity index (χ3v) is 19.0. The van der Waals surface area contributed by atoms with E-state index in [-0.39, 0.29) is 0 Å². The molecule has 58 heavy (non-hydrogen) atoms. The maximum absolute atomic E-state index is 6.95. The van der Waals surface area contributed by atoms with Gasteiger partial charge >= 0.3 is 0 Å². The fraction of sp³-hybridized carbons (Fsp3) is 0.667. The van der Waals surface area contributed by atoms with Crippen LogP contribution in [0.2, 0.25) is 0 Å². The first kappa shape index (κ1) is 36.2. The average molecular weight is 777 g/mol. The monoisotopic (exact) mass is 777 g/mol. The van der Waals surface area contributed by atoms with Crippen LogP contribution in [0.3, 0.4) is 0 Å². The van der Waals surface area contributed by atoms with Gasteiger partial charge in [-0.2, -0.15) is 0 Å². The third-order valence-electron chi connectivity index (χ3n) is 19.0. The first-order chi connectivity index (χ1) is 28.7. The fourth-order valence-electron chi connectivity index (χ4n) is 16.8. The quantitative estimate of drug-likeness (QED) is 0.263. The lowest BCUT2D eigenvalue weighted by atomic mass is 9.68. The zero-order chi connectivity index (χ0) is 37.9. The fourth-order valence-corrected chi connectivity index (χ4v) is 16.8. The van der Waals surface area contributed by atoms with Crippen LogP contribution in [-0.4, -0.2) is 70.5 Å². The summed E-state index contributed by atoms with van der Waals surface area (Å²) in [4.78, 5) is 6.24. The number of fused-ring (bicyclic) bond motifs is 10. The van der Waals surface area contributed by atoms with Gasteiger partial charge in [0.15, 0.2) is 0 Å². The van der Waals surface area contributed by atoms with Crippen LogP contribution in [0.5, 0.6) is 0 Å². The summed E-state index contributed by atoms with van der Waals surface area (Å²) in [6, 6.07) is 33.5. The van der Waals surface area contributed by atoms with E-state index >= 15 is 0 Å². The van der Waals surface area contributed by atoms with E-state index in [1.54, 1.807) is 11.1 Å². The normalized spacial score (nSPS) is 44.3. The first-order valence-electron chi connectivity index (χ1n) is 24.9. The molecule has 6 saturated carbocycles. The Morgan fingerprint density at radius 3 is 1.29 bits per heavy atom. The molecule has 4 aliphatic heterocycles. The van der Waals surface area contributed by atoms with E-state index in [1.165, 1.54) is 151 Å². The Morgan fingerprint density at radius 2 is 0.793 bits per heavy atom. The minimum atomic E-state index is 0.503. The summed E-state index contributed by atoms with van der Waals surface area (Å²) < 4.78 is 13.9. The summed E-state index contributed by atoms with van der Waals surface area (Å²) >= 11 is 0. The molecular weight excluding hydrogens is 709 g/mol. The Labute approximate surface area is 348 Å². The molecule has 16 atom stereocenters. The standard InChI is InChI=1S/C54H68N2O2/c1-3-20-49-47(18-1)55-45-26-24-39(31-43(45)41-16-8-22-51(57-49)53(41)55)37-14-6-12-35(29-37)33-10-5-11-34(28-33)36-13-7-15-38(30-36)40-25-27-46-44(32-40)42-17-9-23-52-54(42)56(46)48-19-2-4-21-50(48)58-52/h5-7,10-15,28-30,39-54H,1-4,8-9,16-27,31-32H2. The molecule has 0 bridgehead atoms. The van der Waals surface area contributed by atoms with E-state index in [0.29, 0.717) is 60.4 Å². The molecule has 3 aromatic carbocycles. The molecule has 13 rings (SSSR count). The lowest BCUT2D eigenvalue weighted by Gasteiger charge is -2.53. The summed E-state index contributed by atoms with van der Waals surface area (Å²) in [7, 11) is 0. The van der Waals surface area contributed by atoms with Gasteiger partial charge in [-0.3, -0.25) is 9.80 Å². The molecule has 4 nitrogen and oxygen atoms in total. The van der Waals surface area contributed by atoms with Crippen molar-refractivity contribution in [1.82, 2.24) is 9.80 Å². The number of hydrogen-bond acceptors (Lipinski definition) is 4. The Balaban J connectivity index is 0.728. The van der Waals surface area contributed by atoms with Crippen molar-refractivity contribution < 1.29 is 9.47 Å². The van der Waals surface area contributed by atoms with Crippen molar-refractivity contribution in [3.05, 3.63) is 83.9 Å². The zero-order valence-electron chi connectivity index (χ0n) is 35.0. The molecule has 16 unspecified atom stereocenters. The molecule has 0 amide bonds. The van der Waals surface area contributed by atoms with Gasteiger partial charge in [-0.1, -0.05) is 105 Å². The summed E-state index contributed by atoms with van der Waals surface area (Å²) in [5.74, 6) is 4.74. The molecule has 306 valence electrons. The van der Waals surface area contributed by atoms with Crippen LogP contribution in [0, 0.1) is 23.7 Å². The Kier molecular flexibility index (Phi) is 9.08. The van der Waals surface area contributed by atoms with Crippen molar-refractivity contribution in [1.29, 1.82) is 0 Å². The van der Waals surface area contributed by atoms with E-state index in [9.17, 15) is 0 Å². The lowest BCUT2D eigenvalue weighted by Crippen LogP contribution is -2.63. The molecule has 6 aliphatic carbocycles. The molecule has 0 aromatic heterocycles. The zero-order valence-corrected chi connectivity index (χ0v) is 35.0. The summed E-state index contributed by atoms with van der Waals surface area (Å²) in [6.45, 7) is 0. The van der Waals surface area contributed by atoms with Crippen LogP contribution < -0.4 is 0 Å². The van der Waals surface area contributed by atoms with Crippen LogP contribution in [0.4, 0.5) is 0 Å². The van der Waals surface area contributed by atoms with Gasteiger partial charge in [-0.25, -0.2) is 0 Å². The highest BCUT2D eigenvalue weighted by molar-refractivity contribution is 5.73. The molecule has 0 N–H and O–H groups in total. The Hall–Kier alpha value is -2.50. The van der Waals surface area contributed by atoms with Gasteiger partial charge < -0.3 is 9.47 Å². The molecule has 4 heterocycles.